The summed E-state index contributed by atoms with van der Waals surface area (Å²) in [5, 5.41) is 0. The second kappa shape index (κ2) is 7.91. The molecule has 1 aliphatic heterocycles. The van der Waals surface area contributed by atoms with Gasteiger partial charge < -0.3 is 9.80 Å². The molecule has 1 saturated heterocycles. The highest BCUT2D eigenvalue weighted by Crippen LogP contribution is 2.24. The number of piperazine rings is 1. The number of hydrogen-bond donors (Lipinski definition) is 0. The molecule has 0 aromatic carbocycles. The Morgan fingerprint density at radius 1 is 1.25 bits per heavy atom. The molecule has 2 rings (SSSR count). The van der Waals surface area contributed by atoms with Crippen molar-refractivity contribution in [3.8, 4) is 0 Å². The smallest absolute Gasteiger partial charge is 0.242 e. The molecule has 1 aliphatic carbocycles. The third-order valence-electron chi connectivity index (χ3n) is 4.20. The lowest BCUT2D eigenvalue weighted by Gasteiger charge is -2.40. The summed E-state index contributed by atoms with van der Waals surface area (Å²) in [6.07, 6.45) is 7.16. The molecule has 0 radical (unpaired) electrons. The Morgan fingerprint density at radius 3 is 2.65 bits per heavy atom. The third kappa shape index (κ3) is 4.14. The van der Waals surface area contributed by atoms with E-state index in [1.54, 1.807) is 16.7 Å². The van der Waals surface area contributed by atoms with Crippen LogP contribution in [0.25, 0.3) is 0 Å². The highest BCUT2D eigenvalue weighted by molar-refractivity contribution is 7.99. The SMILES string of the molecule is CCCSCC(=O)N1CCN(C2CCCCC2)C(=O)C1. The van der Waals surface area contributed by atoms with Crippen LogP contribution in [-0.2, 0) is 9.59 Å². The maximum absolute atomic E-state index is 12.3. The number of carbonyl (C=O) groups is 2. The van der Waals surface area contributed by atoms with Gasteiger partial charge in [0, 0.05) is 19.1 Å². The van der Waals surface area contributed by atoms with Gasteiger partial charge in [-0.2, -0.15) is 11.8 Å². The second-order valence-electron chi connectivity index (χ2n) is 5.75. The van der Waals surface area contributed by atoms with Gasteiger partial charge in [-0.15, -0.1) is 0 Å². The second-order valence-corrected chi connectivity index (χ2v) is 6.85. The van der Waals surface area contributed by atoms with E-state index in [1.165, 1.54) is 19.3 Å². The number of rotatable bonds is 5. The zero-order valence-electron chi connectivity index (χ0n) is 12.5. The van der Waals surface area contributed by atoms with Crippen LogP contribution in [0.3, 0.4) is 0 Å². The number of thioether (sulfide) groups is 1. The first-order valence-corrected chi connectivity index (χ1v) is 9.03. The molecular weight excluding hydrogens is 272 g/mol. The molecule has 1 saturated carbocycles. The monoisotopic (exact) mass is 298 g/mol. The van der Waals surface area contributed by atoms with Crippen molar-refractivity contribution < 1.29 is 9.59 Å². The van der Waals surface area contributed by atoms with E-state index in [9.17, 15) is 9.59 Å². The van der Waals surface area contributed by atoms with Gasteiger partial charge in [0.05, 0.1) is 12.3 Å². The minimum atomic E-state index is 0.125. The Balaban J connectivity index is 1.79. The lowest BCUT2D eigenvalue weighted by molar-refractivity contribution is -0.146. The predicted octanol–water partition coefficient (Wildman–Crippen LogP) is 2.13. The Bertz CT molecular complexity index is 343. The molecule has 2 aliphatic rings. The molecular formula is C15H26N2O2S. The largest absolute Gasteiger partial charge is 0.336 e. The van der Waals surface area contributed by atoms with Crippen LogP contribution in [0, 0.1) is 0 Å². The molecule has 1 heterocycles. The van der Waals surface area contributed by atoms with Crippen LogP contribution in [0.4, 0.5) is 0 Å². The molecule has 20 heavy (non-hydrogen) atoms. The molecule has 0 aromatic heterocycles. The molecule has 2 fully saturated rings. The van der Waals surface area contributed by atoms with Gasteiger partial charge in [0.1, 0.15) is 0 Å². The zero-order valence-corrected chi connectivity index (χ0v) is 13.3. The van der Waals surface area contributed by atoms with Crippen molar-refractivity contribution in [3.63, 3.8) is 0 Å². The summed E-state index contributed by atoms with van der Waals surface area (Å²) in [5.74, 6) is 1.81. The van der Waals surface area contributed by atoms with Gasteiger partial charge >= 0.3 is 0 Å². The minimum Gasteiger partial charge on any atom is -0.336 e. The molecule has 0 unspecified atom stereocenters. The van der Waals surface area contributed by atoms with Gasteiger partial charge in [0.2, 0.25) is 11.8 Å². The Hall–Kier alpha value is -0.710. The Labute approximate surface area is 126 Å². The quantitative estimate of drug-likeness (QED) is 0.730. The number of hydrogen-bond acceptors (Lipinski definition) is 3. The van der Waals surface area contributed by atoms with Crippen LogP contribution in [0.2, 0.25) is 0 Å². The van der Waals surface area contributed by atoms with Crippen LogP contribution in [-0.4, -0.2) is 58.8 Å². The summed E-state index contributed by atoms with van der Waals surface area (Å²) in [6, 6.07) is 0.433. The number of carbonyl (C=O) groups excluding carboxylic acids is 2. The molecule has 114 valence electrons. The van der Waals surface area contributed by atoms with E-state index < -0.39 is 0 Å². The van der Waals surface area contributed by atoms with Crippen molar-refractivity contribution in [2.75, 3.05) is 31.1 Å². The van der Waals surface area contributed by atoms with Crippen LogP contribution in [0.1, 0.15) is 45.4 Å². The summed E-state index contributed by atoms with van der Waals surface area (Å²) in [5.41, 5.74) is 0. The number of amides is 2. The van der Waals surface area contributed by atoms with Crippen molar-refractivity contribution in [1.82, 2.24) is 9.80 Å². The van der Waals surface area contributed by atoms with Crippen molar-refractivity contribution in [3.05, 3.63) is 0 Å². The number of nitrogens with zero attached hydrogens (tertiary/aromatic N) is 2. The van der Waals surface area contributed by atoms with Crippen LogP contribution in [0.15, 0.2) is 0 Å². The highest BCUT2D eigenvalue weighted by atomic mass is 32.2. The fourth-order valence-corrected chi connectivity index (χ4v) is 3.86. The maximum atomic E-state index is 12.3. The van der Waals surface area contributed by atoms with E-state index in [1.807, 2.05) is 4.90 Å². The lowest BCUT2D eigenvalue weighted by atomic mass is 9.93. The van der Waals surface area contributed by atoms with Crippen LogP contribution < -0.4 is 0 Å². The van der Waals surface area contributed by atoms with Crippen molar-refractivity contribution in [2.24, 2.45) is 0 Å². The average Bonchev–Trinajstić information content (AvgIpc) is 2.48. The van der Waals surface area contributed by atoms with Crippen molar-refractivity contribution >= 4 is 23.6 Å². The van der Waals surface area contributed by atoms with Gasteiger partial charge in [-0.05, 0) is 25.0 Å². The fraction of sp³-hybridized carbons (Fsp3) is 0.867. The topological polar surface area (TPSA) is 40.6 Å². The fourth-order valence-electron chi connectivity index (χ4n) is 3.07. The van der Waals surface area contributed by atoms with Crippen molar-refractivity contribution in [1.29, 1.82) is 0 Å². The molecule has 0 atom stereocenters. The highest BCUT2D eigenvalue weighted by Gasteiger charge is 2.31. The molecule has 0 N–H and O–H groups in total. The van der Waals surface area contributed by atoms with Crippen LogP contribution >= 0.6 is 11.8 Å². The third-order valence-corrected chi connectivity index (χ3v) is 5.35. The standard InChI is InChI=1S/C15H26N2O2S/c1-2-10-20-12-15(19)16-8-9-17(14(18)11-16)13-6-4-3-5-7-13/h13H,2-12H2,1H3. The van der Waals surface area contributed by atoms with Gasteiger partial charge in [-0.1, -0.05) is 26.2 Å². The van der Waals surface area contributed by atoms with E-state index in [0.29, 0.717) is 24.9 Å². The van der Waals surface area contributed by atoms with E-state index in [-0.39, 0.29) is 11.8 Å². The lowest BCUT2D eigenvalue weighted by Crippen LogP contribution is -2.56. The summed E-state index contributed by atoms with van der Waals surface area (Å²) in [6.45, 7) is 3.85. The molecule has 4 nitrogen and oxygen atoms in total. The molecule has 2 amide bonds. The summed E-state index contributed by atoms with van der Waals surface area (Å²) in [4.78, 5) is 28.1. The van der Waals surface area contributed by atoms with Gasteiger partial charge in [0.25, 0.3) is 0 Å². The van der Waals surface area contributed by atoms with Gasteiger partial charge in [0.15, 0.2) is 0 Å². The summed E-state index contributed by atoms with van der Waals surface area (Å²) >= 11 is 1.67. The van der Waals surface area contributed by atoms with Crippen molar-refractivity contribution in [2.45, 2.75) is 51.5 Å². The van der Waals surface area contributed by atoms with E-state index in [4.69, 9.17) is 0 Å². The van der Waals surface area contributed by atoms with Crippen LogP contribution in [0.5, 0.6) is 0 Å². The molecule has 5 heteroatoms. The minimum absolute atomic E-state index is 0.125. The molecule has 0 spiro atoms. The van der Waals surface area contributed by atoms with E-state index in [2.05, 4.69) is 6.92 Å². The summed E-state index contributed by atoms with van der Waals surface area (Å²) < 4.78 is 0. The molecule has 0 bridgehead atoms. The summed E-state index contributed by atoms with van der Waals surface area (Å²) in [7, 11) is 0. The Kier molecular flexibility index (Phi) is 6.20. The van der Waals surface area contributed by atoms with Gasteiger partial charge in [-0.25, -0.2) is 0 Å². The van der Waals surface area contributed by atoms with Gasteiger partial charge in [-0.3, -0.25) is 9.59 Å². The Morgan fingerprint density at radius 2 is 2.00 bits per heavy atom. The first kappa shape index (κ1) is 15.7. The average molecular weight is 298 g/mol. The first-order chi connectivity index (χ1) is 9.72. The first-order valence-electron chi connectivity index (χ1n) is 7.87. The normalized spacial score (nSPS) is 21.4. The predicted molar refractivity (Wildman–Crippen MR) is 82.8 cm³/mol. The zero-order chi connectivity index (χ0) is 14.4. The maximum Gasteiger partial charge on any atom is 0.242 e. The van der Waals surface area contributed by atoms with E-state index in [0.717, 1.165) is 31.6 Å². The molecule has 0 aromatic rings. The van der Waals surface area contributed by atoms with E-state index >= 15 is 0 Å².